The molecule has 4 heteroatoms. The van der Waals surface area contributed by atoms with E-state index in [9.17, 15) is 13.9 Å². The first-order valence-corrected chi connectivity index (χ1v) is 5.17. The van der Waals surface area contributed by atoms with Crippen LogP contribution in [0.4, 0.5) is 8.78 Å². The zero-order valence-corrected chi connectivity index (χ0v) is 9.66. The fraction of sp³-hybridized carbons (Fsp3) is 1.00. The average molecular weight is 257 g/mol. The van der Waals surface area contributed by atoms with E-state index >= 15 is 0 Å². The number of aliphatic hydroxyl groups is 1. The van der Waals surface area contributed by atoms with Crippen molar-refractivity contribution in [2.75, 3.05) is 0 Å². The number of hydrogen-bond donors (Lipinski definition) is 1. The zero-order valence-electron chi connectivity index (χ0n) is 8.07. The van der Waals surface area contributed by atoms with Crippen LogP contribution in [0, 0.1) is 11.3 Å². The molecule has 78 valence electrons. The van der Waals surface area contributed by atoms with E-state index in [1.54, 1.807) is 6.92 Å². The molecule has 0 amide bonds. The molecule has 0 aromatic heterocycles. The Kier molecular flexibility index (Phi) is 2.53. The average Bonchev–Trinajstić information content (AvgIpc) is 2.00. The Morgan fingerprint density at radius 1 is 1.46 bits per heavy atom. The molecule has 1 fully saturated rings. The summed E-state index contributed by atoms with van der Waals surface area (Å²) in [4.78, 5) is -3.19. The van der Waals surface area contributed by atoms with Gasteiger partial charge in [0.05, 0.1) is 0 Å². The van der Waals surface area contributed by atoms with Gasteiger partial charge in [-0.05, 0) is 40.1 Å². The van der Waals surface area contributed by atoms with Gasteiger partial charge in [0, 0.05) is 0 Å². The van der Waals surface area contributed by atoms with Crippen LogP contribution < -0.4 is 0 Å². The van der Waals surface area contributed by atoms with E-state index in [4.69, 9.17) is 0 Å². The van der Waals surface area contributed by atoms with Crippen LogP contribution in [0.5, 0.6) is 0 Å². The molecule has 0 aromatic carbocycles. The van der Waals surface area contributed by atoms with Crippen LogP contribution in [-0.2, 0) is 0 Å². The Morgan fingerprint density at radius 3 is 2.08 bits per heavy atom. The second kappa shape index (κ2) is 2.89. The van der Waals surface area contributed by atoms with Crippen molar-refractivity contribution in [1.29, 1.82) is 0 Å². The fourth-order valence-corrected chi connectivity index (χ4v) is 2.88. The van der Waals surface area contributed by atoms with E-state index in [1.165, 1.54) is 0 Å². The van der Waals surface area contributed by atoms with Gasteiger partial charge in [-0.1, -0.05) is 20.8 Å². The molecular formula is C9H15BrF2O. The van der Waals surface area contributed by atoms with Crippen LogP contribution in [0.1, 0.15) is 33.6 Å². The van der Waals surface area contributed by atoms with Crippen LogP contribution >= 0.6 is 15.9 Å². The van der Waals surface area contributed by atoms with Gasteiger partial charge in [0.25, 0.3) is 0 Å². The zero-order chi connectivity index (χ0) is 10.5. The number of hydrogen-bond acceptors (Lipinski definition) is 1. The molecule has 2 atom stereocenters. The second-order valence-corrected chi connectivity index (χ2v) is 5.86. The maximum absolute atomic E-state index is 13.1. The minimum atomic E-state index is -3.19. The largest absolute Gasteiger partial charge is 0.382 e. The molecule has 2 unspecified atom stereocenters. The van der Waals surface area contributed by atoms with Crippen molar-refractivity contribution in [3.05, 3.63) is 0 Å². The predicted octanol–water partition coefficient (Wildman–Crippen LogP) is 3.16. The summed E-state index contributed by atoms with van der Waals surface area (Å²) in [6.45, 7) is 5.48. The van der Waals surface area contributed by atoms with Crippen molar-refractivity contribution >= 4 is 15.9 Å². The van der Waals surface area contributed by atoms with Crippen molar-refractivity contribution in [2.24, 2.45) is 11.3 Å². The summed E-state index contributed by atoms with van der Waals surface area (Å²) in [5.74, 6) is -0.378. The van der Waals surface area contributed by atoms with Gasteiger partial charge >= 0.3 is 4.83 Å². The first-order chi connectivity index (χ1) is 5.58. The van der Waals surface area contributed by atoms with Gasteiger partial charge in [0.2, 0.25) is 0 Å². The van der Waals surface area contributed by atoms with E-state index in [0.717, 1.165) is 0 Å². The quantitative estimate of drug-likeness (QED) is 0.715. The summed E-state index contributed by atoms with van der Waals surface area (Å²) >= 11 is 2.27. The van der Waals surface area contributed by atoms with Crippen molar-refractivity contribution in [2.45, 2.75) is 44.0 Å². The third kappa shape index (κ3) is 1.89. The van der Waals surface area contributed by atoms with Gasteiger partial charge in [-0.15, -0.1) is 0 Å². The first kappa shape index (κ1) is 11.4. The Morgan fingerprint density at radius 2 is 1.92 bits per heavy atom. The van der Waals surface area contributed by atoms with E-state index in [-0.39, 0.29) is 17.8 Å². The van der Waals surface area contributed by atoms with E-state index < -0.39 is 10.4 Å². The lowest BCUT2D eigenvalue weighted by Crippen LogP contribution is -2.46. The molecule has 1 N–H and O–H groups in total. The summed E-state index contributed by atoms with van der Waals surface area (Å²) in [6.07, 6.45) is 0.768. The van der Waals surface area contributed by atoms with Gasteiger partial charge in [0.15, 0.2) is 0 Å². The second-order valence-electron chi connectivity index (χ2n) is 4.87. The Bertz CT molecular complexity index is 212. The van der Waals surface area contributed by atoms with Gasteiger partial charge in [-0.3, -0.25) is 0 Å². The maximum Gasteiger partial charge on any atom is 0.329 e. The number of rotatable bonds is 1. The van der Waals surface area contributed by atoms with E-state index in [2.05, 4.69) is 15.9 Å². The molecule has 1 rings (SSSR count). The molecule has 0 radical (unpaired) electrons. The molecule has 1 saturated carbocycles. The van der Waals surface area contributed by atoms with Gasteiger partial charge in [-0.25, -0.2) is 0 Å². The third-order valence-electron chi connectivity index (χ3n) is 2.91. The highest BCUT2D eigenvalue weighted by Crippen LogP contribution is 2.55. The highest BCUT2D eigenvalue weighted by atomic mass is 79.9. The summed E-state index contributed by atoms with van der Waals surface area (Å²) in [6, 6.07) is 0. The fourth-order valence-electron chi connectivity index (χ4n) is 2.35. The molecule has 0 heterocycles. The molecular weight excluding hydrogens is 242 g/mol. The summed E-state index contributed by atoms with van der Waals surface area (Å²) in [5.41, 5.74) is -2.10. The molecule has 0 aliphatic heterocycles. The monoisotopic (exact) mass is 256 g/mol. The highest BCUT2D eigenvalue weighted by Gasteiger charge is 2.60. The Hall–Kier alpha value is 0.300. The minimum Gasteiger partial charge on any atom is -0.382 e. The summed E-state index contributed by atoms with van der Waals surface area (Å²) in [7, 11) is 0. The number of halogens is 3. The van der Waals surface area contributed by atoms with E-state index in [0.29, 0.717) is 6.42 Å². The van der Waals surface area contributed by atoms with Crippen LogP contribution in [0.25, 0.3) is 0 Å². The Balaban J connectivity index is 2.94. The van der Waals surface area contributed by atoms with Gasteiger partial charge < -0.3 is 5.11 Å². The topological polar surface area (TPSA) is 20.2 Å². The lowest BCUT2D eigenvalue weighted by atomic mass is 9.89. The Labute approximate surface area is 85.6 Å². The normalized spacial score (nSPS) is 39.5. The maximum atomic E-state index is 13.1. The highest BCUT2D eigenvalue weighted by molar-refractivity contribution is 9.10. The minimum absolute atomic E-state index is 0.138. The van der Waals surface area contributed by atoms with Crippen LogP contribution in [0.15, 0.2) is 0 Å². The van der Waals surface area contributed by atoms with Crippen molar-refractivity contribution in [3.63, 3.8) is 0 Å². The van der Waals surface area contributed by atoms with Gasteiger partial charge in [0.1, 0.15) is 5.60 Å². The lowest BCUT2D eigenvalue weighted by molar-refractivity contribution is -0.136. The van der Waals surface area contributed by atoms with Crippen LogP contribution in [0.3, 0.4) is 0 Å². The first-order valence-electron chi connectivity index (χ1n) is 4.38. The molecule has 13 heavy (non-hydrogen) atoms. The number of alkyl halides is 3. The smallest absolute Gasteiger partial charge is 0.329 e. The third-order valence-corrected chi connectivity index (χ3v) is 3.60. The van der Waals surface area contributed by atoms with Crippen molar-refractivity contribution < 1.29 is 13.9 Å². The molecule has 0 aromatic rings. The van der Waals surface area contributed by atoms with E-state index in [1.807, 2.05) is 13.8 Å². The molecule has 0 saturated heterocycles. The molecule has 1 nitrogen and oxygen atoms in total. The van der Waals surface area contributed by atoms with Gasteiger partial charge in [-0.2, -0.15) is 8.78 Å². The molecule has 0 spiro atoms. The standard InChI is InChI=1S/C9H15BrF2O/c1-6-4-7(2,3)5-8(6,13)9(10,11)12/h6,13H,4-5H2,1-3H3. The molecule has 1 aliphatic rings. The molecule has 0 bridgehead atoms. The lowest BCUT2D eigenvalue weighted by Gasteiger charge is -2.32. The molecule has 1 aliphatic carbocycles. The van der Waals surface area contributed by atoms with Crippen LogP contribution in [0.2, 0.25) is 0 Å². The summed E-state index contributed by atoms with van der Waals surface area (Å²) < 4.78 is 26.1. The SMILES string of the molecule is CC1CC(C)(C)CC1(O)C(F)(F)Br. The summed E-state index contributed by atoms with van der Waals surface area (Å²) in [5, 5.41) is 9.84. The van der Waals surface area contributed by atoms with Crippen molar-refractivity contribution in [3.8, 4) is 0 Å². The predicted molar refractivity (Wildman–Crippen MR) is 51.0 cm³/mol. The van der Waals surface area contributed by atoms with Crippen molar-refractivity contribution in [1.82, 2.24) is 0 Å². The van der Waals surface area contributed by atoms with Crippen LogP contribution in [-0.4, -0.2) is 15.5 Å².